The Balaban J connectivity index is 1.35. The highest BCUT2D eigenvalue weighted by atomic mass is 16.5. The van der Waals surface area contributed by atoms with Gasteiger partial charge in [0.05, 0.1) is 6.61 Å². The van der Waals surface area contributed by atoms with Crippen LogP contribution in [0.1, 0.15) is 5.56 Å². The zero-order valence-corrected chi connectivity index (χ0v) is 13.3. The summed E-state index contributed by atoms with van der Waals surface area (Å²) in [6, 6.07) is 7.53. The van der Waals surface area contributed by atoms with Gasteiger partial charge < -0.3 is 19.9 Å². The summed E-state index contributed by atoms with van der Waals surface area (Å²) in [6.45, 7) is 3.48. The number of aromatic nitrogens is 2. The van der Waals surface area contributed by atoms with Gasteiger partial charge in [-0.2, -0.15) is 0 Å². The van der Waals surface area contributed by atoms with E-state index in [1.54, 1.807) is 18.5 Å². The van der Waals surface area contributed by atoms with E-state index in [0.29, 0.717) is 13.1 Å². The molecular weight excluding hydrogens is 306 g/mol. The molecule has 24 heavy (non-hydrogen) atoms. The van der Waals surface area contributed by atoms with Gasteiger partial charge in [0.15, 0.2) is 0 Å². The van der Waals surface area contributed by atoms with Crippen LogP contribution in [0.15, 0.2) is 36.7 Å². The summed E-state index contributed by atoms with van der Waals surface area (Å²) < 4.78 is 5.49. The van der Waals surface area contributed by atoms with E-state index in [-0.39, 0.29) is 6.03 Å². The Kier molecular flexibility index (Phi) is 3.90. The summed E-state index contributed by atoms with van der Waals surface area (Å²) in [5.74, 6) is 1.64. The van der Waals surface area contributed by atoms with Crippen molar-refractivity contribution in [1.29, 1.82) is 0 Å². The van der Waals surface area contributed by atoms with E-state index in [4.69, 9.17) is 4.74 Å². The minimum Gasteiger partial charge on any atom is -0.493 e. The van der Waals surface area contributed by atoms with Gasteiger partial charge in [0.25, 0.3) is 0 Å². The number of carbonyl (C=O) groups excluding carboxylic acids is 1. The van der Waals surface area contributed by atoms with Gasteiger partial charge in [-0.25, -0.2) is 14.8 Å². The van der Waals surface area contributed by atoms with Crippen LogP contribution in [-0.2, 0) is 6.42 Å². The molecule has 0 saturated carbocycles. The van der Waals surface area contributed by atoms with E-state index in [2.05, 4.69) is 20.2 Å². The van der Waals surface area contributed by atoms with Crippen LogP contribution in [0.4, 0.5) is 16.4 Å². The first kappa shape index (κ1) is 14.7. The number of nitrogens with one attached hydrogen (secondary N) is 1. The lowest BCUT2D eigenvalue weighted by molar-refractivity contribution is 0.208. The number of urea groups is 1. The van der Waals surface area contributed by atoms with Crippen molar-refractivity contribution in [2.75, 3.05) is 43.0 Å². The van der Waals surface area contributed by atoms with Crippen molar-refractivity contribution in [3.63, 3.8) is 0 Å². The zero-order chi connectivity index (χ0) is 16.4. The molecule has 0 aliphatic carbocycles. The average Bonchev–Trinajstić information content (AvgIpc) is 3.10. The van der Waals surface area contributed by atoms with Crippen molar-refractivity contribution in [2.24, 2.45) is 0 Å². The summed E-state index contributed by atoms with van der Waals surface area (Å²) in [5, 5.41) is 2.98. The number of rotatable bonds is 2. The van der Waals surface area contributed by atoms with Crippen LogP contribution >= 0.6 is 0 Å². The van der Waals surface area contributed by atoms with E-state index < -0.39 is 0 Å². The molecule has 1 saturated heterocycles. The fourth-order valence-corrected chi connectivity index (χ4v) is 3.03. The third kappa shape index (κ3) is 2.97. The smallest absolute Gasteiger partial charge is 0.321 e. The maximum atomic E-state index is 12.4. The lowest BCUT2D eigenvalue weighted by Crippen LogP contribution is -2.50. The van der Waals surface area contributed by atoms with Crippen molar-refractivity contribution in [2.45, 2.75) is 6.42 Å². The summed E-state index contributed by atoms with van der Waals surface area (Å²) in [4.78, 5) is 24.9. The average molecular weight is 325 g/mol. The summed E-state index contributed by atoms with van der Waals surface area (Å²) in [7, 11) is 0. The molecule has 1 fully saturated rings. The molecule has 1 aromatic heterocycles. The number of ether oxygens (including phenoxy) is 1. The second-order valence-electron chi connectivity index (χ2n) is 5.87. The molecule has 0 unspecified atom stereocenters. The predicted molar refractivity (Wildman–Crippen MR) is 90.5 cm³/mol. The molecule has 124 valence electrons. The van der Waals surface area contributed by atoms with Crippen LogP contribution < -0.4 is 15.0 Å². The number of piperazine rings is 1. The Labute approximate surface area is 140 Å². The van der Waals surface area contributed by atoms with Crippen molar-refractivity contribution in [1.82, 2.24) is 14.9 Å². The van der Waals surface area contributed by atoms with E-state index in [1.807, 2.05) is 23.1 Å². The number of anilines is 2. The van der Waals surface area contributed by atoms with Gasteiger partial charge >= 0.3 is 6.03 Å². The van der Waals surface area contributed by atoms with Gasteiger partial charge in [-0.3, -0.25) is 0 Å². The van der Waals surface area contributed by atoms with Gasteiger partial charge in [0.1, 0.15) is 5.75 Å². The third-order valence-electron chi connectivity index (χ3n) is 4.34. The fraction of sp³-hybridized carbons (Fsp3) is 0.353. The molecule has 1 aromatic carbocycles. The van der Waals surface area contributed by atoms with Crippen molar-refractivity contribution < 1.29 is 9.53 Å². The maximum Gasteiger partial charge on any atom is 0.321 e. The molecule has 4 rings (SSSR count). The lowest BCUT2D eigenvalue weighted by Gasteiger charge is -2.34. The SMILES string of the molecule is O=C(Nc1ccc2c(c1)CCO2)N1CCN(c2ncccn2)CC1. The van der Waals surface area contributed by atoms with Crippen LogP contribution in [0.25, 0.3) is 0 Å². The van der Waals surface area contributed by atoms with Crippen LogP contribution in [0.3, 0.4) is 0 Å². The monoisotopic (exact) mass is 325 g/mol. The van der Waals surface area contributed by atoms with Crippen LogP contribution in [0.5, 0.6) is 5.75 Å². The number of nitrogens with zero attached hydrogens (tertiary/aromatic N) is 4. The first-order valence-electron chi connectivity index (χ1n) is 8.13. The first-order chi connectivity index (χ1) is 11.8. The second-order valence-corrected chi connectivity index (χ2v) is 5.87. The van der Waals surface area contributed by atoms with E-state index in [1.165, 1.54) is 0 Å². The summed E-state index contributed by atoms with van der Waals surface area (Å²) in [6.07, 6.45) is 4.37. The number of carbonyl (C=O) groups is 1. The summed E-state index contributed by atoms with van der Waals surface area (Å²) in [5.41, 5.74) is 1.97. The third-order valence-corrected chi connectivity index (χ3v) is 4.34. The van der Waals surface area contributed by atoms with Crippen molar-refractivity contribution in [3.8, 4) is 5.75 Å². The zero-order valence-electron chi connectivity index (χ0n) is 13.3. The highest BCUT2D eigenvalue weighted by Gasteiger charge is 2.23. The molecule has 0 radical (unpaired) electrons. The maximum absolute atomic E-state index is 12.4. The summed E-state index contributed by atoms with van der Waals surface area (Å²) >= 11 is 0. The Hall–Kier alpha value is -2.83. The van der Waals surface area contributed by atoms with Crippen molar-refractivity contribution >= 4 is 17.7 Å². The molecule has 7 heteroatoms. The Morgan fingerprint density at radius 1 is 1.12 bits per heavy atom. The highest BCUT2D eigenvalue weighted by molar-refractivity contribution is 5.89. The standard InChI is InChI=1S/C17H19N5O2/c23-17(20-14-2-3-15-13(12-14)4-11-24-15)22-9-7-21(8-10-22)16-18-5-1-6-19-16/h1-3,5-6,12H,4,7-11H2,(H,20,23). The number of hydrogen-bond acceptors (Lipinski definition) is 5. The van der Waals surface area contributed by atoms with E-state index >= 15 is 0 Å². The van der Waals surface area contributed by atoms with E-state index in [0.717, 1.165) is 49.1 Å². The quantitative estimate of drug-likeness (QED) is 0.911. The highest BCUT2D eigenvalue weighted by Crippen LogP contribution is 2.28. The van der Waals surface area contributed by atoms with Gasteiger partial charge in [0, 0.05) is 50.7 Å². The van der Waals surface area contributed by atoms with E-state index in [9.17, 15) is 4.79 Å². The van der Waals surface area contributed by atoms with Crippen LogP contribution in [0, 0.1) is 0 Å². The number of hydrogen-bond donors (Lipinski definition) is 1. The Morgan fingerprint density at radius 2 is 1.92 bits per heavy atom. The molecule has 1 N–H and O–H groups in total. The number of amides is 2. The lowest BCUT2D eigenvalue weighted by atomic mass is 10.1. The Morgan fingerprint density at radius 3 is 2.71 bits per heavy atom. The molecule has 0 bridgehead atoms. The molecule has 2 amide bonds. The molecular formula is C17H19N5O2. The second kappa shape index (κ2) is 6.35. The van der Waals surface area contributed by atoms with Crippen molar-refractivity contribution in [3.05, 3.63) is 42.2 Å². The predicted octanol–water partition coefficient (Wildman–Crippen LogP) is 1.77. The normalized spacial score (nSPS) is 16.5. The Bertz CT molecular complexity index is 729. The molecule has 2 aromatic rings. The molecule has 3 heterocycles. The van der Waals surface area contributed by atoms with Gasteiger partial charge in [-0.05, 0) is 29.8 Å². The first-order valence-corrected chi connectivity index (χ1v) is 8.13. The van der Waals surface area contributed by atoms with Crippen LogP contribution in [0.2, 0.25) is 0 Å². The largest absolute Gasteiger partial charge is 0.493 e. The molecule has 2 aliphatic heterocycles. The fourth-order valence-electron chi connectivity index (χ4n) is 3.03. The van der Waals surface area contributed by atoms with Crippen LogP contribution in [-0.4, -0.2) is 53.7 Å². The van der Waals surface area contributed by atoms with Gasteiger partial charge in [-0.1, -0.05) is 0 Å². The molecule has 0 spiro atoms. The molecule has 7 nitrogen and oxygen atoms in total. The minimum atomic E-state index is -0.0671. The van der Waals surface area contributed by atoms with Gasteiger partial charge in [0.2, 0.25) is 5.95 Å². The minimum absolute atomic E-state index is 0.0671. The van der Waals surface area contributed by atoms with Gasteiger partial charge in [-0.15, -0.1) is 0 Å². The number of fused-ring (bicyclic) bond motifs is 1. The topological polar surface area (TPSA) is 70.6 Å². The molecule has 2 aliphatic rings. The molecule has 0 atom stereocenters. The number of benzene rings is 1.